The fourth-order valence-electron chi connectivity index (χ4n) is 3.68. The summed E-state index contributed by atoms with van der Waals surface area (Å²) in [6, 6.07) is 1.30. The van der Waals surface area contributed by atoms with Gasteiger partial charge in [0.2, 0.25) is 5.91 Å². The van der Waals surface area contributed by atoms with Crippen LogP contribution in [0, 0.1) is 0 Å². The number of hydrogen-bond acceptors (Lipinski definition) is 7. The van der Waals surface area contributed by atoms with Crippen molar-refractivity contribution in [1.82, 2.24) is 20.1 Å². The van der Waals surface area contributed by atoms with E-state index in [-0.39, 0.29) is 23.8 Å². The summed E-state index contributed by atoms with van der Waals surface area (Å²) in [7, 11) is 0. The lowest BCUT2D eigenvalue weighted by Crippen LogP contribution is -2.48. The average Bonchev–Trinajstić information content (AvgIpc) is 2.88. The molecule has 1 aromatic rings. The number of nitrogens with zero attached hydrogens (tertiary/aromatic N) is 3. The molecule has 2 fully saturated rings. The van der Waals surface area contributed by atoms with Crippen LogP contribution in [-0.4, -0.2) is 94.9 Å². The van der Waals surface area contributed by atoms with E-state index in [4.69, 9.17) is 4.74 Å². The number of aromatic hydroxyl groups is 1. The second kappa shape index (κ2) is 9.31. The molecule has 0 aliphatic carbocycles. The molecular weight excluding hydrogens is 364 g/mol. The predicted octanol–water partition coefficient (Wildman–Crippen LogP) is -0.407. The second-order valence-electron chi connectivity index (χ2n) is 7.46. The highest BCUT2D eigenvalue weighted by atomic mass is 16.5. The van der Waals surface area contributed by atoms with Crippen molar-refractivity contribution in [1.29, 1.82) is 0 Å². The van der Waals surface area contributed by atoms with Crippen LogP contribution in [0.3, 0.4) is 0 Å². The Morgan fingerprint density at radius 1 is 1.18 bits per heavy atom. The summed E-state index contributed by atoms with van der Waals surface area (Å²) >= 11 is 0. The van der Waals surface area contributed by atoms with Gasteiger partial charge in [-0.2, -0.15) is 0 Å². The zero-order valence-electron chi connectivity index (χ0n) is 16.0. The minimum Gasteiger partial charge on any atom is -0.506 e. The summed E-state index contributed by atoms with van der Waals surface area (Å²) in [5.74, 6) is -0.751. The Morgan fingerprint density at radius 2 is 1.96 bits per heavy atom. The van der Waals surface area contributed by atoms with Gasteiger partial charge in [0.25, 0.3) is 5.91 Å². The minimum absolute atomic E-state index is 0.106. The lowest BCUT2D eigenvalue weighted by atomic mass is 9.94. The number of carbonyl (C=O) groups is 2. The number of carbonyl (C=O) groups excluding carboxylic acids is 2. The maximum Gasteiger partial charge on any atom is 0.253 e. The number of rotatable bonds is 5. The molecule has 1 aromatic heterocycles. The van der Waals surface area contributed by atoms with Crippen molar-refractivity contribution in [3.8, 4) is 5.75 Å². The van der Waals surface area contributed by atoms with E-state index in [1.165, 1.54) is 18.5 Å². The number of aromatic nitrogens is 1. The van der Waals surface area contributed by atoms with Crippen LogP contribution in [0.15, 0.2) is 18.5 Å². The number of aliphatic hydroxyl groups is 1. The monoisotopic (exact) mass is 392 g/mol. The summed E-state index contributed by atoms with van der Waals surface area (Å²) in [5, 5.41) is 22.9. The molecule has 3 N–H and O–H groups in total. The van der Waals surface area contributed by atoms with Crippen molar-refractivity contribution >= 4 is 11.8 Å². The van der Waals surface area contributed by atoms with E-state index < -0.39 is 11.5 Å². The third-order valence-electron chi connectivity index (χ3n) is 5.28. The molecular formula is C19H28N4O5. The summed E-state index contributed by atoms with van der Waals surface area (Å²) in [6.45, 7) is 4.51. The number of pyridine rings is 1. The van der Waals surface area contributed by atoms with Crippen molar-refractivity contribution in [3.63, 3.8) is 0 Å². The average molecular weight is 392 g/mol. The van der Waals surface area contributed by atoms with Crippen LogP contribution in [0.1, 0.15) is 29.6 Å². The Morgan fingerprint density at radius 3 is 2.71 bits per heavy atom. The standard InChI is InChI=1S/C19H28N4O5/c24-16-10-15(11-20-12-16)18(26)21-13-17(25)23-4-1-2-19(27,3-5-23)14-22-6-8-28-9-7-22/h10-12,24,27H,1-9,13-14H2,(H,21,26). The maximum absolute atomic E-state index is 12.5. The largest absolute Gasteiger partial charge is 0.506 e. The molecule has 9 heteroatoms. The number of morpholine rings is 1. The van der Waals surface area contributed by atoms with Crippen LogP contribution in [0.25, 0.3) is 0 Å². The first-order chi connectivity index (χ1) is 13.5. The van der Waals surface area contributed by atoms with E-state index in [2.05, 4.69) is 15.2 Å². The molecule has 1 atom stereocenters. The SMILES string of the molecule is O=C(NCC(=O)N1CCCC(O)(CN2CCOCC2)CC1)c1cncc(O)c1. The number of hydrogen-bond donors (Lipinski definition) is 3. The highest BCUT2D eigenvalue weighted by Gasteiger charge is 2.33. The van der Waals surface area contributed by atoms with Gasteiger partial charge in [0.05, 0.1) is 37.1 Å². The van der Waals surface area contributed by atoms with Crippen molar-refractivity contribution in [2.45, 2.75) is 24.9 Å². The van der Waals surface area contributed by atoms with Gasteiger partial charge in [-0.25, -0.2) is 0 Å². The van der Waals surface area contributed by atoms with Crippen LogP contribution in [-0.2, 0) is 9.53 Å². The molecule has 0 radical (unpaired) electrons. The second-order valence-corrected chi connectivity index (χ2v) is 7.46. The quantitative estimate of drug-likeness (QED) is 0.624. The van der Waals surface area contributed by atoms with Gasteiger partial charge in [-0.3, -0.25) is 19.5 Å². The normalized spacial score (nSPS) is 23.8. The highest BCUT2D eigenvalue weighted by molar-refractivity contribution is 5.96. The van der Waals surface area contributed by atoms with Gasteiger partial charge in [-0.15, -0.1) is 0 Å². The van der Waals surface area contributed by atoms with E-state index >= 15 is 0 Å². The first-order valence-corrected chi connectivity index (χ1v) is 9.68. The van der Waals surface area contributed by atoms with Crippen molar-refractivity contribution in [2.75, 3.05) is 52.5 Å². The highest BCUT2D eigenvalue weighted by Crippen LogP contribution is 2.24. The van der Waals surface area contributed by atoms with Gasteiger partial charge in [0.15, 0.2) is 0 Å². The molecule has 0 spiro atoms. The molecule has 2 aliphatic rings. The molecule has 9 nitrogen and oxygen atoms in total. The Kier molecular flexibility index (Phi) is 6.82. The van der Waals surface area contributed by atoms with E-state index in [1.54, 1.807) is 4.90 Å². The summed E-state index contributed by atoms with van der Waals surface area (Å²) in [5.41, 5.74) is -0.605. The Balaban J connectivity index is 1.47. The van der Waals surface area contributed by atoms with Crippen molar-refractivity contribution in [2.24, 2.45) is 0 Å². The molecule has 28 heavy (non-hydrogen) atoms. The first-order valence-electron chi connectivity index (χ1n) is 9.68. The minimum atomic E-state index is -0.803. The Bertz CT molecular complexity index is 695. The molecule has 2 aliphatic heterocycles. The van der Waals surface area contributed by atoms with Crippen LogP contribution < -0.4 is 5.32 Å². The number of amides is 2. The van der Waals surface area contributed by atoms with Crippen LogP contribution >= 0.6 is 0 Å². The molecule has 0 aromatic carbocycles. The zero-order valence-corrected chi connectivity index (χ0v) is 16.0. The fourth-order valence-corrected chi connectivity index (χ4v) is 3.68. The number of ether oxygens (including phenoxy) is 1. The van der Waals surface area contributed by atoms with Crippen molar-refractivity contribution < 1.29 is 24.5 Å². The van der Waals surface area contributed by atoms with Crippen LogP contribution in [0.5, 0.6) is 5.75 Å². The zero-order chi connectivity index (χ0) is 20.0. The summed E-state index contributed by atoms with van der Waals surface area (Å²) in [4.78, 5) is 32.2. The van der Waals surface area contributed by atoms with Crippen LogP contribution in [0.2, 0.25) is 0 Å². The van der Waals surface area contributed by atoms with Crippen molar-refractivity contribution in [3.05, 3.63) is 24.0 Å². The van der Waals surface area contributed by atoms with Gasteiger partial charge >= 0.3 is 0 Å². The molecule has 3 rings (SSSR count). The summed E-state index contributed by atoms with van der Waals surface area (Å²) in [6.07, 6.45) is 4.45. The molecule has 2 amide bonds. The number of nitrogens with one attached hydrogen (secondary N) is 1. The third kappa shape index (κ3) is 5.63. The topological polar surface area (TPSA) is 115 Å². The maximum atomic E-state index is 12.5. The molecule has 1 unspecified atom stereocenters. The molecule has 3 heterocycles. The fraction of sp³-hybridized carbons (Fsp3) is 0.632. The molecule has 2 saturated heterocycles. The Labute approximate surface area is 164 Å². The van der Waals surface area contributed by atoms with E-state index in [0.29, 0.717) is 45.7 Å². The van der Waals surface area contributed by atoms with Gasteiger partial charge in [-0.05, 0) is 25.3 Å². The third-order valence-corrected chi connectivity index (χ3v) is 5.28. The van der Waals surface area contributed by atoms with E-state index in [1.807, 2.05) is 0 Å². The van der Waals surface area contributed by atoms with Gasteiger partial charge in [0, 0.05) is 38.9 Å². The first kappa shape index (κ1) is 20.5. The lowest BCUT2D eigenvalue weighted by Gasteiger charge is -2.35. The van der Waals surface area contributed by atoms with Gasteiger partial charge in [-0.1, -0.05) is 0 Å². The van der Waals surface area contributed by atoms with Gasteiger partial charge in [0.1, 0.15) is 5.75 Å². The number of β-amino-alcohol motifs (C(OH)–C–C–N with tert-alkyl or cyclic N) is 1. The Hall–Kier alpha value is -2.23. The van der Waals surface area contributed by atoms with Gasteiger partial charge < -0.3 is 25.2 Å². The smallest absolute Gasteiger partial charge is 0.253 e. The van der Waals surface area contributed by atoms with E-state index in [9.17, 15) is 19.8 Å². The predicted molar refractivity (Wildman–Crippen MR) is 101 cm³/mol. The lowest BCUT2D eigenvalue weighted by molar-refractivity contribution is -0.130. The summed E-state index contributed by atoms with van der Waals surface area (Å²) < 4.78 is 5.35. The van der Waals surface area contributed by atoms with Crippen LogP contribution in [0.4, 0.5) is 0 Å². The number of likely N-dealkylation sites (tertiary alicyclic amines) is 1. The van der Waals surface area contributed by atoms with E-state index in [0.717, 1.165) is 19.5 Å². The molecule has 0 bridgehead atoms. The molecule has 0 saturated carbocycles. The molecule has 154 valence electrons.